The Morgan fingerprint density at radius 1 is 0.556 bits per heavy atom. The van der Waals surface area contributed by atoms with E-state index in [0.29, 0.717) is 6.61 Å². The van der Waals surface area contributed by atoms with Crippen molar-refractivity contribution in [1.29, 1.82) is 0 Å². The Hall–Kier alpha value is -6.38. The lowest BCUT2D eigenvalue weighted by Crippen LogP contribution is -2.16. The van der Waals surface area contributed by atoms with E-state index in [1.807, 2.05) is 6.92 Å². The van der Waals surface area contributed by atoms with Gasteiger partial charge in [0.25, 0.3) is 0 Å². The molecule has 0 bridgehead atoms. The predicted molar refractivity (Wildman–Crippen MR) is 229 cm³/mol. The van der Waals surface area contributed by atoms with Gasteiger partial charge in [-0.1, -0.05) is 141 Å². The summed E-state index contributed by atoms with van der Waals surface area (Å²) in [4.78, 5) is 2.43. The van der Waals surface area contributed by atoms with Crippen LogP contribution in [0, 0.1) is 6.92 Å². The van der Waals surface area contributed by atoms with Crippen LogP contribution in [0.25, 0.3) is 49.9 Å². The maximum Gasteiger partial charge on any atom is 0.113 e. The maximum atomic E-state index is 6.29. The minimum Gasteiger partial charge on any atom is -0.494 e. The van der Waals surface area contributed by atoms with Crippen molar-refractivity contribution in [3.8, 4) is 22.3 Å². The summed E-state index contributed by atoms with van der Waals surface area (Å²) >= 11 is 0. The van der Waals surface area contributed by atoms with Crippen molar-refractivity contribution < 1.29 is 4.74 Å². The average Bonchev–Trinajstić information content (AvgIpc) is 3.43. The van der Waals surface area contributed by atoms with Crippen LogP contribution in [0.1, 0.15) is 48.6 Å². The minimum atomic E-state index is -0.101. The summed E-state index contributed by atoms with van der Waals surface area (Å²) in [7, 11) is 0. The summed E-state index contributed by atoms with van der Waals surface area (Å²) in [5.41, 5.74) is 14.7. The van der Waals surface area contributed by atoms with Gasteiger partial charge in [0, 0.05) is 22.4 Å². The topological polar surface area (TPSA) is 12.5 Å². The summed E-state index contributed by atoms with van der Waals surface area (Å²) in [6.07, 6.45) is 2.14. The van der Waals surface area contributed by atoms with Gasteiger partial charge in [0.1, 0.15) is 6.61 Å². The van der Waals surface area contributed by atoms with Crippen LogP contribution in [-0.2, 0) is 16.8 Å². The van der Waals surface area contributed by atoms with Crippen LogP contribution >= 0.6 is 0 Å². The highest BCUT2D eigenvalue weighted by molar-refractivity contribution is 5.94. The number of allylic oxidation sites excluding steroid dienone is 1. The molecule has 0 saturated heterocycles. The van der Waals surface area contributed by atoms with E-state index in [0.717, 1.165) is 28.4 Å². The van der Waals surface area contributed by atoms with E-state index < -0.39 is 0 Å². The fourth-order valence-electron chi connectivity index (χ4n) is 8.29. The highest BCUT2D eigenvalue weighted by Crippen LogP contribution is 2.51. The van der Waals surface area contributed by atoms with Gasteiger partial charge in [0.05, 0.1) is 11.4 Å². The second-order valence-electron chi connectivity index (χ2n) is 15.1. The fraction of sp³-hybridized carbons (Fsp3) is 0.115. The Balaban J connectivity index is 1.08. The molecule has 0 fully saturated rings. The Labute approximate surface area is 318 Å². The number of anilines is 3. The third kappa shape index (κ3) is 6.04. The van der Waals surface area contributed by atoms with Gasteiger partial charge < -0.3 is 9.64 Å². The van der Waals surface area contributed by atoms with Crippen LogP contribution < -0.4 is 4.90 Å². The van der Waals surface area contributed by atoms with Crippen LogP contribution in [0.2, 0.25) is 0 Å². The zero-order valence-electron chi connectivity index (χ0n) is 31.3. The van der Waals surface area contributed by atoms with Crippen LogP contribution in [-0.4, -0.2) is 0 Å². The molecule has 8 aromatic carbocycles. The van der Waals surface area contributed by atoms with Crippen LogP contribution in [0.3, 0.4) is 0 Å². The van der Waals surface area contributed by atoms with Gasteiger partial charge in [-0.25, -0.2) is 0 Å². The van der Waals surface area contributed by atoms with E-state index in [9.17, 15) is 0 Å². The molecule has 2 nitrogen and oxygen atoms in total. The lowest BCUT2D eigenvalue weighted by molar-refractivity contribution is 0.203. The molecule has 0 aliphatic heterocycles. The van der Waals surface area contributed by atoms with Crippen LogP contribution in [0.4, 0.5) is 17.1 Å². The highest BCUT2D eigenvalue weighted by atomic mass is 16.5. The molecule has 1 aliphatic carbocycles. The zero-order valence-corrected chi connectivity index (χ0v) is 31.3. The van der Waals surface area contributed by atoms with E-state index in [1.165, 1.54) is 66.1 Å². The highest BCUT2D eigenvalue weighted by Gasteiger charge is 2.35. The van der Waals surface area contributed by atoms with Gasteiger partial charge in [-0.15, -0.1) is 0 Å². The van der Waals surface area contributed by atoms with E-state index in [-0.39, 0.29) is 5.41 Å². The van der Waals surface area contributed by atoms with E-state index in [2.05, 4.69) is 202 Å². The first-order chi connectivity index (χ1) is 26.3. The van der Waals surface area contributed by atoms with Crippen molar-refractivity contribution in [1.82, 2.24) is 0 Å². The number of aryl methyl sites for hydroxylation is 1. The molecule has 262 valence electrons. The van der Waals surface area contributed by atoms with Crippen molar-refractivity contribution in [2.45, 2.75) is 39.7 Å². The largest absolute Gasteiger partial charge is 0.494 e. The third-order valence-electron chi connectivity index (χ3n) is 11.2. The normalized spacial score (nSPS) is 13.1. The molecule has 0 amide bonds. The molecule has 0 spiro atoms. The number of hydrogen-bond donors (Lipinski definition) is 0. The average molecular weight is 698 g/mol. The van der Waals surface area contributed by atoms with E-state index >= 15 is 0 Å². The minimum absolute atomic E-state index is 0.101. The summed E-state index contributed by atoms with van der Waals surface area (Å²) in [5.74, 6) is 0.893. The maximum absolute atomic E-state index is 6.29. The summed E-state index contributed by atoms with van der Waals surface area (Å²) in [6.45, 7) is 9.45. The smallest absolute Gasteiger partial charge is 0.113 e. The molecule has 8 aromatic rings. The number of hydrogen-bond acceptors (Lipinski definition) is 2. The SMILES string of the molecule is CC(=Cc1ccc2cc(N(c3ccc4c(c3)C(C)(C)c3ccccc3-4)c3ccccc3-c3ccccc3)ccc2c1)OCc1cc2ccccc2cc1C. The lowest BCUT2D eigenvalue weighted by Gasteiger charge is -2.30. The number of rotatable bonds is 8. The molecular weight excluding hydrogens is 655 g/mol. The van der Waals surface area contributed by atoms with Crippen molar-refractivity contribution in [2.24, 2.45) is 0 Å². The molecule has 0 atom stereocenters. The summed E-state index contributed by atoms with van der Waals surface area (Å²) in [5, 5.41) is 4.87. The number of nitrogens with zero attached hydrogens (tertiary/aromatic N) is 1. The Kier molecular flexibility index (Phi) is 8.39. The van der Waals surface area contributed by atoms with Crippen LogP contribution in [0.5, 0.6) is 0 Å². The van der Waals surface area contributed by atoms with Gasteiger partial charge in [-0.3, -0.25) is 0 Å². The van der Waals surface area contributed by atoms with Crippen molar-refractivity contribution in [3.63, 3.8) is 0 Å². The molecule has 0 aromatic heterocycles. The Bertz CT molecular complexity index is 2720. The first-order valence-electron chi connectivity index (χ1n) is 18.9. The van der Waals surface area contributed by atoms with Gasteiger partial charge in [-0.05, 0) is 128 Å². The number of fused-ring (bicyclic) bond motifs is 5. The molecule has 9 rings (SSSR count). The Morgan fingerprint density at radius 3 is 2.00 bits per heavy atom. The molecular formula is C52H43NO. The number of ether oxygens (including phenoxy) is 1. The van der Waals surface area contributed by atoms with Crippen LogP contribution in [0.15, 0.2) is 176 Å². The first-order valence-corrected chi connectivity index (χ1v) is 18.9. The summed E-state index contributed by atoms with van der Waals surface area (Å²) in [6, 6.07) is 61.8. The zero-order chi connectivity index (χ0) is 36.8. The van der Waals surface area contributed by atoms with Gasteiger partial charge in [0.2, 0.25) is 0 Å². The second-order valence-corrected chi connectivity index (χ2v) is 15.1. The number of para-hydroxylation sites is 1. The molecule has 0 radical (unpaired) electrons. The van der Waals surface area contributed by atoms with Crippen molar-refractivity contribution in [3.05, 3.63) is 203 Å². The fourth-order valence-corrected chi connectivity index (χ4v) is 8.29. The van der Waals surface area contributed by atoms with Crippen molar-refractivity contribution >= 4 is 44.7 Å². The standard InChI is InChI=1S/C52H43NO/c1-35-28-39-16-8-9-17-40(39)31-43(35)34-54-36(2)29-37-22-23-42-32-44(25-24-41(42)30-37)53(51-21-13-11-18-46(51)38-14-6-5-7-15-38)45-26-27-48-47-19-10-12-20-49(47)52(3,4)50(48)33-45/h5-33H,34H2,1-4H3. The van der Waals surface area contributed by atoms with Gasteiger partial charge in [0.15, 0.2) is 0 Å². The molecule has 54 heavy (non-hydrogen) atoms. The van der Waals surface area contributed by atoms with Gasteiger partial charge >= 0.3 is 0 Å². The summed E-state index contributed by atoms with van der Waals surface area (Å²) < 4.78 is 6.29. The molecule has 2 heteroatoms. The third-order valence-corrected chi connectivity index (χ3v) is 11.2. The molecule has 0 N–H and O–H groups in total. The van der Waals surface area contributed by atoms with Crippen molar-refractivity contribution in [2.75, 3.05) is 4.90 Å². The number of benzene rings is 8. The Morgan fingerprint density at radius 2 is 1.17 bits per heavy atom. The van der Waals surface area contributed by atoms with E-state index in [1.54, 1.807) is 0 Å². The molecule has 0 heterocycles. The molecule has 1 aliphatic rings. The van der Waals surface area contributed by atoms with Gasteiger partial charge in [-0.2, -0.15) is 0 Å². The lowest BCUT2D eigenvalue weighted by atomic mass is 9.82. The second kappa shape index (κ2) is 13.5. The molecule has 0 saturated carbocycles. The quantitative estimate of drug-likeness (QED) is 0.147. The van der Waals surface area contributed by atoms with E-state index in [4.69, 9.17) is 4.74 Å². The predicted octanol–water partition coefficient (Wildman–Crippen LogP) is 14.3. The first kappa shape index (κ1) is 33.5. The molecule has 0 unspecified atom stereocenters. The monoisotopic (exact) mass is 697 g/mol.